The van der Waals surface area contributed by atoms with Crippen LogP contribution >= 0.6 is 0 Å². The predicted molar refractivity (Wildman–Crippen MR) is 118 cm³/mol. The molecule has 1 aliphatic heterocycles. The summed E-state index contributed by atoms with van der Waals surface area (Å²) < 4.78 is 13.2. The van der Waals surface area contributed by atoms with E-state index in [0.29, 0.717) is 23.7 Å². The van der Waals surface area contributed by atoms with Crippen LogP contribution in [-0.4, -0.2) is 35.0 Å². The topological polar surface area (TPSA) is 78.4 Å². The number of carbonyl (C=O) groups excluding carboxylic acids is 2. The number of benzene rings is 1. The number of aryl methyl sites for hydroxylation is 1. The van der Waals surface area contributed by atoms with Crippen molar-refractivity contribution < 1.29 is 14.0 Å². The molecular weight excluding hydrogens is 397 g/mol. The Balaban J connectivity index is 1.76. The number of hydrogen-bond acceptors (Lipinski definition) is 4. The van der Waals surface area contributed by atoms with Crippen molar-refractivity contribution in [2.75, 3.05) is 28.2 Å². The fraction of sp³-hybridized carbons (Fsp3) is 0.217. The van der Waals surface area contributed by atoms with E-state index in [1.165, 1.54) is 17.0 Å². The van der Waals surface area contributed by atoms with Crippen molar-refractivity contribution in [2.24, 2.45) is 0 Å². The maximum absolute atomic E-state index is 13.2. The van der Waals surface area contributed by atoms with Crippen LogP contribution in [0.25, 0.3) is 11.3 Å². The van der Waals surface area contributed by atoms with Crippen LogP contribution in [0.5, 0.6) is 0 Å². The van der Waals surface area contributed by atoms with E-state index in [-0.39, 0.29) is 24.7 Å². The SMILES string of the molecule is CCN1C(=O)CCN(C(=O)Nc2ccc(F)cn2)c2nc(-c3cccc(C)c3)ccc21. The number of nitrogens with one attached hydrogen (secondary N) is 1. The fourth-order valence-electron chi connectivity index (χ4n) is 3.57. The second kappa shape index (κ2) is 8.51. The van der Waals surface area contributed by atoms with Gasteiger partial charge in [-0.25, -0.2) is 19.2 Å². The van der Waals surface area contributed by atoms with Gasteiger partial charge in [0.15, 0.2) is 5.82 Å². The molecule has 1 aromatic carbocycles. The number of halogens is 1. The van der Waals surface area contributed by atoms with Crippen LogP contribution in [0.4, 0.5) is 26.5 Å². The number of amides is 3. The predicted octanol–water partition coefficient (Wildman–Crippen LogP) is 4.39. The van der Waals surface area contributed by atoms with Gasteiger partial charge in [0.2, 0.25) is 5.91 Å². The zero-order valence-corrected chi connectivity index (χ0v) is 17.3. The van der Waals surface area contributed by atoms with Crippen LogP contribution in [0.3, 0.4) is 0 Å². The molecule has 7 nitrogen and oxygen atoms in total. The Bertz CT molecular complexity index is 1130. The average molecular weight is 419 g/mol. The summed E-state index contributed by atoms with van der Waals surface area (Å²) in [5.74, 6) is 0.0351. The molecular formula is C23H22FN5O2. The zero-order valence-electron chi connectivity index (χ0n) is 17.3. The number of hydrogen-bond donors (Lipinski definition) is 1. The van der Waals surface area contributed by atoms with Gasteiger partial charge >= 0.3 is 6.03 Å². The standard InChI is InChI=1S/C23H22FN5O2/c1-3-28-19-9-8-18(16-6-4-5-15(2)13-16)26-22(19)29(12-11-21(28)30)23(31)27-20-10-7-17(24)14-25-20/h4-10,13-14H,3,11-12H2,1-2H3,(H,25,27,31). The van der Waals surface area contributed by atoms with Gasteiger partial charge in [0.1, 0.15) is 11.6 Å². The third kappa shape index (κ3) is 4.23. The zero-order chi connectivity index (χ0) is 22.0. The summed E-state index contributed by atoms with van der Waals surface area (Å²) in [6.45, 7) is 4.51. The van der Waals surface area contributed by atoms with Gasteiger partial charge in [0, 0.05) is 25.1 Å². The van der Waals surface area contributed by atoms with Gasteiger partial charge in [-0.1, -0.05) is 23.8 Å². The molecule has 0 aliphatic carbocycles. The molecule has 4 rings (SSSR count). The van der Waals surface area contributed by atoms with Gasteiger partial charge in [-0.3, -0.25) is 15.0 Å². The van der Waals surface area contributed by atoms with Gasteiger partial charge in [-0.05, 0) is 44.2 Å². The molecule has 0 bridgehead atoms. The number of pyridine rings is 2. The molecule has 0 saturated carbocycles. The lowest BCUT2D eigenvalue weighted by atomic mass is 10.1. The Morgan fingerprint density at radius 1 is 1.19 bits per heavy atom. The van der Waals surface area contributed by atoms with E-state index in [1.54, 1.807) is 4.90 Å². The lowest BCUT2D eigenvalue weighted by molar-refractivity contribution is -0.118. The Kier molecular flexibility index (Phi) is 5.62. The lowest BCUT2D eigenvalue weighted by Gasteiger charge is -2.24. The molecule has 0 atom stereocenters. The summed E-state index contributed by atoms with van der Waals surface area (Å²) in [4.78, 5) is 37.5. The first-order chi connectivity index (χ1) is 15.0. The van der Waals surface area contributed by atoms with Gasteiger partial charge in [0.25, 0.3) is 0 Å². The second-order valence-electron chi connectivity index (χ2n) is 7.24. The molecule has 8 heteroatoms. The Morgan fingerprint density at radius 3 is 2.74 bits per heavy atom. The highest BCUT2D eigenvalue weighted by molar-refractivity contribution is 6.07. The van der Waals surface area contributed by atoms with Crippen LogP contribution in [0.15, 0.2) is 54.7 Å². The highest BCUT2D eigenvalue weighted by atomic mass is 19.1. The summed E-state index contributed by atoms with van der Waals surface area (Å²) in [6, 6.07) is 13.7. The van der Waals surface area contributed by atoms with Crippen LogP contribution in [0.2, 0.25) is 0 Å². The van der Waals surface area contributed by atoms with Crippen LogP contribution in [0, 0.1) is 12.7 Å². The van der Waals surface area contributed by atoms with Crippen molar-refractivity contribution in [3.63, 3.8) is 0 Å². The van der Waals surface area contributed by atoms with E-state index in [1.807, 2.05) is 50.2 Å². The summed E-state index contributed by atoms with van der Waals surface area (Å²) in [5.41, 5.74) is 3.28. The number of urea groups is 1. The minimum absolute atomic E-state index is 0.0796. The number of anilines is 3. The van der Waals surface area contributed by atoms with Crippen molar-refractivity contribution in [1.29, 1.82) is 0 Å². The Labute approximate surface area is 179 Å². The maximum Gasteiger partial charge on any atom is 0.328 e. The van der Waals surface area contributed by atoms with E-state index < -0.39 is 11.8 Å². The first-order valence-corrected chi connectivity index (χ1v) is 10.0. The Morgan fingerprint density at radius 2 is 2.03 bits per heavy atom. The number of carbonyl (C=O) groups is 2. The molecule has 0 saturated heterocycles. The third-order valence-corrected chi connectivity index (χ3v) is 5.09. The lowest BCUT2D eigenvalue weighted by Crippen LogP contribution is -2.36. The van der Waals surface area contributed by atoms with Gasteiger partial charge in [0.05, 0.1) is 17.6 Å². The van der Waals surface area contributed by atoms with Crippen LogP contribution in [0.1, 0.15) is 18.9 Å². The molecule has 1 aliphatic rings. The van der Waals surface area contributed by atoms with Gasteiger partial charge in [-0.15, -0.1) is 0 Å². The minimum Gasteiger partial charge on any atom is -0.309 e. The van der Waals surface area contributed by atoms with Crippen molar-refractivity contribution in [3.05, 3.63) is 66.1 Å². The summed E-state index contributed by atoms with van der Waals surface area (Å²) in [6.07, 6.45) is 1.19. The molecule has 0 fully saturated rings. The fourth-order valence-corrected chi connectivity index (χ4v) is 3.57. The molecule has 158 valence electrons. The number of aromatic nitrogens is 2. The monoisotopic (exact) mass is 419 g/mol. The van der Waals surface area contributed by atoms with E-state index in [4.69, 9.17) is 4.98 Å². The largest absolute Gasteiger partial charge is 0.328 e. The second-order valence-corrected chi connectivity index (χ2v) is 7.24. The number of fused-ring (bicyclic) bond motifs is 1. The summed E-state index contributed by atoms with van der Waals surface area (Å²) in [5, 5.41) is 2.66. The van der Waals surface area contributed by atoms with Crippen molar-refractivity contribution >= 4 is 29.3 Å². The van der Waals surface area contributed by atoms with E-state index in [9.17, 15) is 14.0 Å². The minimum atomic E-state index is -0.494. The first-order valence-electron chi connectivity index (χ1n) is 10.0. The van der Waals surface area contributed by atoms with E-state index >= 15 is 0 Å². The van der Waals surface area contributed by atoms with Gasteiger partial charge in [-0.2, -0.15) is 0 Å². The Hall–Kier alpha value is -3.81. The summed E-state index contributed by atoms with van der Waals surface area (Å²) >= 11 is 0. The van der Waals surface area contributed by atoms with Crippen LogP contribution in [-0.2, 0) is 4.79 Å². The number of nitrogens with zero attached hydrogens (tertiary/aromatic N) is 4. The molecule has 2 aromatic heterocycles. The normalized spacial score (nSPS) is 13.6. The smallest absolute Gasteiger partial charge is 0.309 e. The highest BCUT2D eigenvalue weighted by Gasteiger charge is 2.30. The average Bonchev–Trinajstić information content (AvgIpc) is 2.90. The third-order valence-electron chi connectivity index (χ3n) is 5.09. The molecule has 31 heavy (non-hydrogen) atoms. The maximum atomic E-state index is 13.2. The van der Waals surface area contributed by atoms with Gasteiger partial charge < -0.3 is 4.90 Å². The molecule has 0 radical (unpaired) electrons. The molecule has 1 N–H and O–H groups in total. The van der Waals surface area contributed by atoms with Crippen LogP contribution < -0.4 is 15.1 Å². The summed E-state index contributed by atoms with van der Waals surface area (Å²) in [7, 11) is 0. The van der Waals surface area contributed by atoms with Crippen molar-refractivity contribution in [3.8, 4) is 11.3 Å². The van der Waals surface area contributed by atoms with Crippen molar-refractivity contribution in [2.45, 2.75) is 20.3 Å². The molecule has 3 heterocycles. The van der Waals surface area contributed by atoms with E-state index in [0.717, 1.165) is 17.3 Å². The molecule has 3 amide bonds. The van der Waals surface area contributed by atoms with Crippen molar-refractivity contribution in [1.82, 2.24) is 9.97 Å². The molecule has 0 unspecified atom stereocenters. The number of rotatable bonds is 3. The molecule has 0 spiro atoms. The first kappa shape index (κ1) is 20.5. The van der Waals surface area contributed by atoms with E-state index in [2.05, 4.69) is 10.3 Å². The molecule has 3 aromatic rings. The highest BCUT2D eigenvalue weighted by Crippen LogP contribution is 2.34. The quantitative estimate of drug-likeness (QED) is 0.683.